The van der Waals surface area contributed by atoms with Crippen LogP contribution in [0.15, 0.2) is 4.99 Å². The molecule has 0 aromatic carbocycles. The first-order valence-electron chi connectivity index (χ1n) is 4.48. The fourth-order valence-corrected chi connectivity index (χ4v) is 1.39. The van der Waals surface area contributed by atoms with Crippen LogP contribution in [0.2, 0.25) is 0 Å². The molecule has 0 atom stereocenters. The lowest BCUT2D eigenvalue weighted by molar-refractivity contribution is -0.398. The van der Waals surface area contributed by atoms with Crippen LogP contribution in [0.1, 0.15) is 0 Å². The average Bonchev–Trinajstić information content (AvgIpc) is 2.52. The first kappa shape index (κ1) is 16.8. The van der Waals surface area contributed by atoms with E-state index in [9.17, 15) is 43.9 Å². The zero-order valence-electron chi connectivity index (χ0n) is 8.87. The summed E-state index contributed by atoms with van der Waals surface area (Å²) in [6.07, 6.45) is -21.8. The predicted octanol–water partition coefficient (Wildman–Crippen LogP) is 2.46. The molecule has 0 amide bonds. The molecule has 1 rings (SSSR count). The Morgan fingerprint density at radius 1 is 0.900 bits per heavy atom. The van der Waals surface area contributed by atoms with E-state index in [-0.39, 0.29) is 0 Å². The third kappa shape index (κ3) is 1.98. The molecule has 0 bridgehead atoms. The maximum Gasteiger partial charge on any atom is 0.448 e. The van der Waals surface area contributed by atoms with Crippen LogP contribution in [0, 0.1) is 0 Å². The Kier molecular flexibility index (Phi) is 3.66. The summed E-state index contributed by atoms with van der Waals surface area (Å²) in [5.41, 5.74) is -5.69. The van der Waals surface area contributed by atoms with Crippen LogP contribution in [0.4, 0.5) is 43.9 Å². The number of nitrogens with zero attached hydrogens (tertiary/aromatic N) is 1. The summed E-state index contributed by atoms with van der Waals surface area (Å²) in [4.78, 5) is 1.72. The van der Waals surface area contributed by atoms with Crippen molar-refractivity contribution in [3.63, 3.8) is 0 Å². The predicted molar refractivity (Wildman–Crippen MR) is 42.3 cm³/mol. The SMILES string of the molecule is NC1=NC(C(F)(F)F)(C(F)(F)F)OC1(C(F)F)C(F)F. The molecule has 0 aromatic rings. The van der Waals surface area contributed by atoms with Gasteiger partial charge in [0.25, 0.3) is 12.9 Å². The molecule has 1 heterocycles. The van der Waals surface area contributed by atoms with Crippen molar-refractivity contribution in [2.24, 2.45) is 10.7 Å². The third-order valence-corrected chi connectivity index (χ3v) is 2.41. The van der Waals surface area contributed by atoms with E-state index >= 15 is 0 Å². The molecule has 1 aliphatic heterocycles. The third-order valence-electron chi connectivity index (χ3n) is 2.41. The molecular weight excluding hydrogens is 318 g/mol. The van der Waals surface area contributed by atoms with E-state index in [0.717, 1.165) is 0 Å². The van der Waals surface area contributed by atoms with Gasteiger partial charge in [0.15, 0.2) is 0 Å². The lowest BCUT2D eigenvalue weighted by Crippen LogP contribution is -2.62. The van der Waals surface area contributed by atoms with Gasteiger partial charge in [0, 0.05) is 0 Å². The van der Waals surface area contributed by atoms with Gasteiger partial charge in [-0.2, -0.15) is 26.3 Å². The van der Waals surface area contributed by atoms with Crippen molar-refractivity contribution in [3.8, 4) is 0 Å². The number of alkyl halides is 10. The van der Waals surface area contributed by atoms with Gasteiger partial charge >= 0.3 is 18.1 Å². The number of hydrogen-bond acceptors (Lipinski definition) is 3. The molecule has 0 saturated carbocycles. The summed E-state index contributed by atoms with van der Waals surface area (Å²) in [5, 5.41) is 0. The lowest BCUT2D eigenvalue weighted by atomic mass is 10.1. The summed E-state index contributed by atoms with van der Waals surface area (Å²) in [7, 11) is 0. The highest BCUT2D eigenvalue weighted by molar-refractivity contribution is 5.92. The minimum Gasteiger partial charge on any atom is -0.385 e. The van der Waals surface area contributed by atoms with E-state index in [2.05, 4.69) is 10.5 Å². The fraction of sp³-hybridized carbons (Fsp3) is 0.857. The van der Waals surface area contributed by atoms with Gasteiger partial charge in [-0.05, 0) is 0 Å². The maximum atomic E-state index is 12.5. The van der Waals surface area contributed by atoms with E-state index in [1.807, 2.05) is 0 Å². The van der Waals surface area contributed by atoms with E-state index < -0.39 is 42.4 Å². The number of halogens is 10. The molecule has 13 heteroatoms. The molecule has 0 spiro atoms. The van der Waals surface area contributed by atoms with Gasteiger partial charge in [-0.3, -0.25) is 0 Å². The first-order valence-corrected chi connectivity index (χ1v) is 4.48. The van der Waals surface area contributed by atoms with Crippen molar-refractivity contribution >= 4 is 5.84 Å². The first-order chi connectivity index (χ1) is 8.72. The summed E-state index contributed by atoms with van der Waals surface area (Å²) < 4.78 is 128. The standard InChI is InChI=1S/C7H4F10N2O/c8-1(9)4(2(10)11)3(18)19-5(20-4,6(12,13)14)7(15,16)17/h1-2H,(H2,18,19). The lowest BCUT2D eigenvalue weighted by Gasteiger charge is -2.34. The second-order valence-electron chi connectivity index (χ2n) is 3.63. The van der Waals surface area contributed by atoms with Crippen molar-refractivity contribution in [2.75, 3.05) is 0 Å². The molecule has 0 aliphatic carbocycles. The highest BCUT2D eigenvalue weighted by Gasteiger charge is 2.81. The Bertz CT molecular complexity index is 389. The van der Waals surface area contributed by atoms with E-state index in [0.29, 0.717) is 0 Å². The van der Waals surface area contributed by atoms with Crippen LogP contribution in [-0.4, -0.2) is 42.4 Å². The van der Waals surface area contributed by atoms with E-state index in [1.165, 1.54) is 0 Å². The molecule has 118 valence electrons. The van der Waals surface area contributed by atoms with Crippen molar-refractivity contribution in [1.29, 1.82) is 0 Å². The van der Waals surface area contributed by atoms with Crippen molar-refractivity contribution in [2.45, 2.75) is 36.5 Å². The highest BCUT2D eigenvalue weighted by atomic mass is 19.4. The van der Waals surface area contributed by atoms with Crippen LogP contribution < -0.4 is 5.73 Å². The molecule has 0 fully saturated rings. The molecule has 20 heavy (non-hydrogen) atoms. The van der Waals surface area contributed by atoms with E-state index in [4.69, 9.17) is 0 Å². The molecule has 0 radical (unpaired) electrons. The fourth-order valence-electron chi connectivity index (χ4n) is 1.39. The van der Waals surface area contributed by atoms with Gasteiger partial charge in [0.2, 0.25) is 5.60 Å². The molecule has 0 saturated heterocycles. The molecule has 1 aliphatic rings. The Morgan fingerprint density at radius 2 is 1.25 bits per heavy atom. The Balaban J connectivity index is 3.52. The van der Waals surface area contributed by atoms with Gasteiger partial charge in [0.1, 0.15) is 5.84 Å². The summed E-state index contributed by atoms with van der Waals surface area (Å²) in [6.45, 7) is 0. The molecule has 3 nitrogen and oxygen atoms in total. The van der Waals surface area contributed by atoms with Crippen molar-refractivity contribution in [1.82, 2.24) is 0 Å². The topological polar surface area (TPSA) is 47.6 Å². The number of rotatable bonds is 2. The number of hydrogen-bond donors (Lipinski definition) is 1. The van der Waals surface area contributed by atoms with Crippen LogP contribution in [0.25, 0.3) is 0 Å². The monoisotopic (exact) mass is 322 g/mol. The van der Waals surface area contributed by atoms with Crippen LogP contribution in [0.3, 0.4) is 0 Å². The van der Waals surface area contributed by atoms with Gasteiger partial charge in [0.05, 0.1) is 0 Å². The molecule has 2 N–H and O–H groups in total. The number of amidine groups is 1. The molecule has 0 unspecified atom stereocenters. The Labute approximate surface area is 103 Å². The van der Waals surface area contributed by atoms with E-state index in [1.54, 1.807) is 4.99 Å². The zero-order chi connectivity index (χ0) is 16.1. The minimum atomic E-state index is -6.42. The average molecular weight is 322 g/mol. The molecule has 0 aromatic heterocycles. The Hall–Kier alpha value is -1.27. The summed E-state index contributed by atoms with van der Waals surface area (Å²) >= 11 is 0. The van der Waals surface area contributed by atoms with Gasteiger partial charge in [-0.15, -0.1) is 0 Å². The highest BCUT2D eigenvalue weighted by Crippen LogP contribution is 2.54. The number of aliphatic imine (C=N–C) groups is 1. The van der Waals surface area contributed by atoms with Gasteiger partial charge in [-0.1, -0.05) is 0 Å². The smallest absolute Gasteiger partial charge is 0.385 e. The summed E-state index contributed by atoms with van der Waals surface area (Å²) in [5.74, 6) is -2.28. The van der Waals surface area contributed by atoms with Crippen LogP contribution in [-0.2, 0) is 4.74 Å². The van der Waals surface area contributed by atoms with Gasteiger partial charge in [-0.25, -0.2) is 22.6 Å². The normalized spacial score (nSPS) is 22.5. The van der Waals surface area contributed by atoms with Crippen LogP contribution in [0.5, 0.6) is 0 Å². The Morgan fingerprint density at radius 3 is 1.40 bits per heavy atom. The van der Waals surface area contributed by atoms with Crippen molar-refractivity contribution in [3.05, 3.63) is 0 Å². The van der Waals surface area contributed by atoms with Gasteiger partial charge < -0.3 is 10.5 Å². The molecular formula is C7H4F10N2O. The number of ether oxygens (including phenoxy) is 1. The largest absolute Gasteiger partial charge is 0.448 e. The zero-order valence-corrected chi connectivity index (χ0v) is 8.87. The summed E-state index contributed by atoms with van der Waals surface area (Å²) in [6, 6.07) is 0. The quantitative estimate of drug-likeness (QED) is 0.794. The second kappa shape index (κ2) is 4.36. The second-order valence-corrected chi connectivity index (χ2v) is 3.63. The maximum absolute atomic E-state index is 12.5. The number of nitrogens with two attached hydrogens (primary N) is 1. The minimum absolute atomic E-state index is 1.72. The van der Waals surface area contributed by atoms with Crippen molar-refractivity contribution < 1.29 is 48.6 Å². The van der Waals surface area contributed by atoms with Crippen LogP contribution >= 0.6 is 0 Å².